The molecule has 0 N–H and O–H groups in total. The summed E-state index contributed by atoms with van der Waals surface area (Å²) in [6.07, 6.45) is 7.03. The highest BCUT2D eigenvalue weighted by Gasteiger charge is 2.27. The Morgan fingerprint density at radius 1 is 1.33 bits per heavy atom. The average Bonchev–Trinajstić information content (AvgIpc) is 2.69. The summed E-state index contributed by atoms with van der Waals surface area (Å²) in [6, 6.07) is 0. The SMILES string of the molecule is CCC1CCN(CC2CCCCC2=O)C1. The van der Waals surface area contributed by atoms with Crippen LogP contribution in [0.2, 0.25) is 0 Å². The van der Waals surface area contributed by atoms with Gasteiger partial charge in [0, 0.05) is 25.4 Å². The summed E-state index contributed by atoms with van der Waals surface area (Å²) in [6.45, 7) is 5.79. The number of rotatable bonds is 3. The minimum absolute atomic E-state index is 0.370. The van der Waals surface area contributed by atoms with Gasteiger partial charge in [-0.25, -0.2) is 0 Å². The topological polar surface area (TPSA) is 20.3 Å². The van der Waals surface area contributed by atoms with Crippen molar-refractivity contribution in [2.75, 3.05) is 19.6 Å². The van der Waals surface area contributed by atoms with E-state index in [0.717, 1.165) is 31.7 Å². The summed E-state index contributed by atoms with van der Waals surface area (Å²) in [5, 5.41) is 0. The Kier molecular flexibility index (Phi) is 3.79. The minimum atomic E-state index is 0.370. The highest BCUT2D eigenvalue weighted by atomic mass is 16.1. The summed E-state index contributed by atoms with van der Waals surface area (Å²) < 4.78 is 0. The molecule has 2 rings (SSSR count). The zero-order chi connectivity index (χ0) is 10.7. The van der Waals surface area contributed by atoms with E-state index < -0.39 is 0 Å². The summed E-state index contributed by atoms with van der Waals surface area (Å²) >= 11 is 0. The van der Waals surface area contributed by atoms with Gasteiger partial charge in [0.25, 0.3) is 0 Å². The third-order valence-electron chi connectivity index (χ3n) is 4.11. The molecule has 86 valence electrons. The normalized spacial score (nSPS) is 33.5. The first-order chi connectivity index (χ1) is 7.29. The molecule has 0 spiro atoms. The molecule has 15 heavy (non-hydrogen) atoms. The molecule has 0 bridgehead atoms. The standard InChI is InChI=1S/C13H23NO/c1-2-11-7-8-14(9-11)10-12-5-3-4-6-13(12)15/h11-12H,2-10H2,1H3. The van der Waals surface area contributed by atoms with E-state index in [0.29, 0.717) is 11.7 Å². The van der Waals surface area contributed by atoms with Crippen LogP contribution < -0.4 is 0 Å². The number of likely N-dealkylation sites (tertiary alicyclic amines) is 1. The molecular formula is C13H23NO. The van der Waals surface area contributed by atoms with Crippen LogP contribution in [0.15, 0.2) is 0 Å². The van der Waals surface area contributed by atoms with E-state index in [-0.39, 0.29) is 0 Å². The van der Waals surface area contributed by atoms with Gasteiger partial charge in [0.1, 0.15) is 5.78 Å². The summed E-state index contributed by atoms with van der Waals surface area (Å²) in [7, 11) is 0. The van der Waals surface area contributed by atoms with Crippen molar-refractivity contribution >= 4 is 5.78 Å². The van der Waals surface area contributed by atoms with E-state index in [1.165, 1.54) is 32.4 Å². The van der Waals surface area contributed by atoms with Crippen LogP contribution in [0.3, 0.4) is 0 Å². The Bertz CT molecular complexity index is 227. The number of carbonyl (C=O) groups excluding carboxylic acids is 1. The van der Waals surface area contributed by atoms with E-state index in [1.54, 1.807) is 0 Å². The van der Waals surface area contributed by atoms with Gasteiger partial charge in [0.05, 0.1) is 0 Å². The summed E-state index contributed by atoms with van der Waals surface area (Å²) in [5.41, 5.74) is 0. The van der Waals surface area contributed by atoms with Crippen LogP contribution in [0.1, 0.15) is 45.4 Å². The Morgan fingerprint density at radius 3 is 2.87 bits per heavy atom. The Labute approximate surface area is 93.0 Å². The van der Waals surface area contributed by atoms with Crippen molar-refractivity contribution in [2.45, 2.75) is 45.4 Å². The molecule has 1 saturated carbocycles. The van der Waals surface area contributed by atoms with Crippen molar-refractivity contribution in [2.24, 2.45) is 11.8 Å². The van der Waals surface area contributed by atoms with Crippen molar-refractivity contribution in [3.05, 3.63) is 0 Å². The van der Waals surface area contributed by atoms with Crippen LogP contribution in [0, 0.1) is 11.8 Å². The van der Waals surface area contributed by atoms with Gasteiger partial charge in [-0.1, -0.05) is 19.8 Å². The molecule has 1 aliphatic carbocycles. The summed E-state index contributed by atoms with van der Waals surface area (Å²) in [5.74, 6) is 1.79. The molecule has 0 amide bonds. The Hall–Kier alpha value is -0.370. The van der Waals surface area contributed by atoms with Gasteiger partial charge < -0.3 is 4.90 Å². The average molecular weight is 209 g/mol. The Balaban J connectivity index is 1.79. The van der Waals surface area contributed by atoms with Crippen LogP contribution in [-0.4, -0.2) is 30.3 Å². The molecule has 0 radical (unpaired) electrons. The van der Waals surface area contributed by atoms with Gasteiger partial charge in [-0.3, -0.25) is 4.79 Å². The van der Waals surface area contributed by atoms with Crippen LogP contribution >= 0.6 is 0 Å². The lowest BCUT2D eigenvalue weighted by atomic mass is 9.87. The molecule has 1 heterocycles. The number of carbonyl (C=O) groups is 1. The second-order valence-corrected chi connectivity index (χ2v) is 5.23. The number of Topliss-reactive ketones (excluding diaryl/α,β-unsaturated/α-hetero) is 1. The van der Waals surface area contributed by atoms with Gasteiger partial charge in [-0.15, -0.1) is 0 Å². The molecule has 2 nitrogen and oxygen atoms in total. The first kappa shape index (κ1) is 11.1. The number of hydrogen-bond acceptors (Lipinski definition) is 2. The van der Waals surface area contributed by atoms with E-state index in [9.17, 15) is 4.79 Å². The quantitative estimate of drug-likeness (QED) is 0.711. The molecule has 2 aliphatic rings. The van der Waals surface area contributed by atoms with E-state index in [1.807, 2.05) is 0 Å². The molecule has 0 aromatic heterocycles. The second-order valence-electron chi connectivity index (χ2n) is 5.23. The maximum atomic E-state index is 11.7. The molecule has 1 saturated heterocycles. The van der Waals surface area contributed by atoms with Gasteiger partial charge >= 0.3 is 0 Å². The van der Waals surface area contributed by atoms with Crippen LogP contribution in [0.25, 0.3) is 0 Å². The van der Waals surface area contributed by atoms with Gasteiger partial charge in [0.2, 0.25) is 0 Å². The fraction of sp³-hybridized carbons (Fsp3) is 0.923. The van der Waals surface area contributed by atoms with Gasteiger partial charge in [0.15, 0.2) is 0 Å². The maximum Gasteiger partial charge on any atom is 0.137 e. The smallest absolute Gasteiger partial charge is 0.137 e. The lowest BCUT2D eigenvalue weighted by molar-refractivity contribution is -0.125. The first-order valence-electron chi connectivity index (χ1n) is 6.54. The molecule has 2 heteroatoms. The van der Waals surface area contributed by atoms with E-state index >= 15 is 0 Å². The predicted octanol–water partition coefficient (Wildman–Crippen LogP) is 2.48. The zero-order valence-electron chi connectivity index (χ0n) is 9.87. The summed E-state index contributed by atoms with van der Waals surface area (Å²) in [4.78, 5) is 14.2. The lowest BCUT2D eigenvalue weighted by Gasteiger charge is -2.25. The fourth-order valence-corrected chi connectivity index (χ4v) is 2.97. The van der Waals surface area contributed by atoms with E-state index in [4.69, 9.17) is 0 Å². The molecule has 0 aromatic carbocycles. The fourth-order valence-electron chi connectivity index (χ4n) is 2.97. The van der Waals surface area contributed by atoms with Crippen molar-refractivity contribution < 1.29 is 4.79 Å². The lowest BCUT2D eigenvalue weighted by Crippen LogP contribution is -2.33. The van der Waals surface area contributed by atoms with Crippen LogP contribution in [0.4, 0.5) is 0 Å². The molecule has 2 fully saturated rings. The minimum Gasteiger partial charge on any atom is -0.302 e. The predicted molar refractivity (Wildman–Crippen MR) is 61.8 cm³/mol. The van der Waals surface area contributed by atoms with E-state index in [2.05, 4.69) is 11.8 Å². The first-order valence-corrected chi connectivity index (χ1v) is 6.54. The van der Waals surface area contributed by atoms with Crippen molar-refractivity contribution in [1.29, 1.82) is 0 Å². The third-order valence-corrected chi connectivity index (χ3v) is 4.11. The maximum absolute atomic E-state index is 11.7. The van der Waals surface area contributed by atoms with Crippen molar-refractivity contribution in [3.8, 4) is 0 Å². The molecule has 1 aliphatic heterocycles. The van der Waals surface area contributed by atoms with Crippen LogP contribution in [-0.2, 0) is 4.79 Å². The zero-order valence-corrected chi connectivity index (χ0v) is 9.87. The van der Waals surface area contributed by atoms with Gasteiger partial charge in [-0.2, -0.15) is 0 Å². The number of nitrogens with zero attached hydrogens (tertiary/aromatic N) is 1. The molecule has 0 aromatic rings. The molecule has 2 atom stereocenters. The van der Waals surface area contributed by atoms with Gasteiger partial charge in [-0.05, 0) is 31.7 Å². The molecular weight excluding hydrogens is 186 g/mol. The van der Waals surface area contributed by atoms with Crippen molar-refractivity contribution in [1.82, 2.24) is 4.90 Å². The number of ketones is 1. The monoisotopic (exact) mass is 209 g/mol. The highest BCUT2D eigenvalue weighted by Crippen LogP contribution is 2.25. The second kappa shape index (κ2) is 5.11. The number of hydrogen-bond donors (Lipinski definition) is 0. The Morgan fingerprint density at radius 2 is 2.20 bits per heavy atom. The molecule has 2 unspecified atom stereocenters. The largest absolute Gasteiger partial charge is 0.302 e. The van der Waals surface area contributed by atoms with Crippen molar-refractivity contribution in [3.63, 3.8) is 0 Å². The van der Waals surface area contributed by atoms with Crippen LogP contribution in [0.5, 0.6) is 0 Å². The third kappa shape index (κ3) is 2.81. The highest BCUT2D eigenvalue weighted by molar-refractivity contribution is 5.81.